The van der Waals surface area contributed by atoms with E-state index in [1.807, 2.05) is 0 Å². The standard InChI is InChI=1S/C74H84BN3/c1-67(2,3)46-24-30-52(31-25-46)76(53-32-26-47(27-33-53)68(4,5)6)54-43-61-64-62(44-54)78-65-58(72(16)36-19-20-37-73(72,78)17)41-51(71(13,14)15)42-59(65)75(64)63-55-34-28-49(70(10,11)12)40-57(55)74(18)50-23-21-22-45(38-50)56-39-48(69(7,8)9)29-35-60(56)77(61)66(63)74/h21-35,38-44H,19-20,36-37H2,1-18H3. The quantitative estimate of drug-likeness (QED) is 0.163. The molecule has 1 saturated carbocycles. The highest BCUT2D eigenvalue weighted by Gasteiger charge is 2.63. The molecule has 0 N–H and O–H groups in total. The van der Waals surface area contributed by atoms with Gasteiger partial charge in [0.25, 0.3) is 6.71 Å². The zero-order chi connectivity index (χ0) is 55.4. The molecule has 7 aromatic rings. The van der Waals surface area contributed by atoms with Gasteiger partial charge in [0.05, 0.1) is 22.3 Å². The summed E-state index contributed by atoms with van der Waals surface area (Å²) in [5, 5.41) is 0. The minimum Gasteiger partial charge on any atom is -0.335 e. The Balaban J connectivity index is 1.22. The molecule has 0 amide bonds. The normalized spacial score (nSPS) is 21.8. The Bertz CT molecular complexity index is 3650. The first-order valence-electron chi connectivity index (χ1n) is 29.6. The molecule has 1 fully saturated rings. The van der Waals surface area contributed by atoms with Crippen LogP contribution in [0.1, 0.15) is 200 Å². The van der Waals surface area contributed by atoms with Gasteiger partial charge in [-0.05, 0) is 180 Å². The van der Waals surface area contributed by atoms with Gasteiger partial charge in [0, 0.05) is 45.1 Å². The van der Waals surface area contributed by atoms with Crippen molar-refractivity contribution in [2.45, 2.75) is 194 Å². The lowest BCUT2D eigenvalue weighted by Gasteiger charge is -2.53. The van der Waals surface area contributed by atoms with Gasteiger partial charge in [-0.25, -0.2) is 0 Å². The van der Waals surface area contributed by atoms with Crippen LogP contribution in [0.25, 0.3) is 16.6 Å². The molecule has 3 nitrogen and oxygen atoms in total. The second-order valence-corrected chi connectivity index (χ2v) is 30.4. The number of anilines is 7. The molecular weight excluding hydrogens is 942 g/mol. The lowest BCUT2D eigenvalue weighted by Crippen LogP contribution is -2.61. The number of rotatable bonds is 3. The Hall–Kier alpha value is -6.26. The van der Waals surface area contributed by atoms with Crippen molar-refractivity contribution in [1.82, 2.24) is 0 Å². The summed E-state index contributed by atoms with van der Waals surface area (Å²) in [6.45, 7) is 43.4. The van der Waals surface area contributed by atoms with Crippen molar-refractivity contribution in [3.05, 3.63) is 189 Å². The summed E-state index contributed by atoms with van der Waals surface area (Å²) in [6, 6.07) is 54.5. The minimum atomic E-state index is -0.491. The number of nitrogens with zero attached hydrogens (tertiary/aromatic N) is 3. The zero-order valence-electron chi connectivity index (χ0n) is 50.4. The summed E-state index contributed by atoms with van der Waals surface area (Å²) in [7, 11) is 0. The minimum absolute atomic E-state index is 0.0125. The lowest BCUT2D eigenvalue weighted by atomic mass is 9.32. The monoisotopic (exact) mass is 1030 g/mol. The highest BCUT2D eigenvalue weighted by Crippen LogP contribution is 2.66. The van der Waals surface area contributed by atoms with Crippen molar-refractivity contribution in [1.29, 1.82) is 0 Å². The highest BCUT2D eigenvalue weighted by atomic mass is 15.3. The van der Waals surface area contributed by atoms with Crippen LogP contribution in [0.2, 0.25) is 0 Å². The summed E-state index contributed by atoms with van der Waals surface area (Å²) >= 11 is 0. The first-order valence-corrected chi connectivity index (χ1v) is 29.6. The molecule has 3 atom stereocenters. The molecule has 13 rings (SSSR count). The molecule has 3 unspecified atom stereocenters. The maximum atomic E-state index is 2.95. The fraction of sp³-hybridized carbons (Fsp3) is 0.405. The van der Waals surface area contributed by atoms with Gasteiger partial charge >= 0.3 is 0 Å². The van der Waals surface area contributed by atoms with Crippen molar-refractivity contribution in [3.8, 4) is 11.1 Å². The Morgan fingerprint density at radius 1 is 0.462 bits per heavy atom. The Morgan fingerprint density at radius 2 is 1.00 bits per heavy atom. The Kier molecular flexibility index (Phi) is 10.6. The SMILES string of the molecule is CC(C)(C)c1ccc(N(c2ccc(C(C)(C)C)cc2)c2cc3c4c(c2)N2c5c(cc(C(C)(C)C)cc5C5(C)CCCCC25C)B4C2=C4N3c3ccc(C(C)(C)C)cc3-c3cccc(c3)C4(C)c3cc(C(C)(C)C)ccc32)cc1. The molecule has 4 heteroatoms. The van der Waals surface area contributed by atoms with Crippen LogP contribution >= 0.6 is 0 Å². The van der Waals surface area contributed by atoms with Gasteiger partial charge < -0.3 is 14.7 Å². The van der Waals surface area contributed by atoms with E-state index in [2.05, 4.69) is 273 Å². The summed E-state index contributed by atoms with van der Waals surface area (Å²) in [5.74, 6) is 0. The van der Waals surface area contributed by atoms with E-state index in [1.165, 1.54) is 137 Å². The van der Waals surface area contributed by atoms with E-state index in [9.17, 15) is 0 Å². The van der Waals surface area contributed by atoms with E-state index in [4.69, 9.17) is 0 Å². The van der Waals surface area contributed by atoms with Crippen molar-refractivity contribution < 1.29 is 0 Å². The van der Waals surface area contributed by atoms with Crippen LogP contribution in [-0.2, 0) is 37.9 Å². The largest absolute Gasteiger partial charge is 0.335 e. The molecular formula is C74H84BN3. The van der Waals surface area contributed by atoms with Crippen molar-refractivity contribution in [2.75, 3.05) is 14.7 Å². The third-order valence-electron chi connectivity index (χ3n) is 20.3. The molecule has 398 valence electrons. The molecule has 0 spiro atoms. The highest BCUT2D eigenvalue weighted by molar-refractivity contribution is 7.03. The first-order chi connectivity index (χ1) is 36.4. The summed E-state index contributed by atoms with van der Waals surface area (Å²) < 4.78 is 0. The van der Waals surface area contributed by atoms with Crippen LogP contribution in [0.5, 0.6) is 0 Å². The molecule has 7 aromatic carbocycles. The Morgan fingerprint density at radius 3 is 1.60 bits per heavy atom. The number of hydrogen-bond acceptors (Lipinski definition) is 3. The van der Waals surface area contributed by atoms with Crippen LogP contribution < -0.4 is 25.6 Å². The van der Waals surface area contributed by atoms with Crippen LogP contribution in [-0.4, -0.2) is 12.3 Å². The zero-order valence-corrected chi connectivity index (χ0v) is 50.4. The molecule has 0 aromatic heterocycles. The molecule has 4 heterocycles. The van der Waals surface area contributed by atoms with E-state index in [-0.39, 0.29) is 44.7 Å². The van der Waals surface area contributed by atoms with Gasteiger partial charge in [0.15, 0.2) is 0 Å². The third kappa shape index (κ3) is 7.08. The van der Waals surface area contributed by atoms with Gasteiger partial charge in [-0.3, -0.25) is 0 Å². The van der Waals surface area contributed by atoms with Crippen molar-refractivity contribution in [2.24, 2.45) is 0 Å². The first kappa shape index (κ1) is 51.2. The molecule has 78 heavy (non-hydrogen) atoms. The average Bonchev–Trinajstić information content (AvgIpc) is 2.64. The average molecular weight is 1030 g/mol. The molecule has 2 aliphatic carbocycles. The smallest absolute Gasteiger partial charge is 0.252 e. The Labute approximate surface area is 469 Å². The molecule has 4 aliphatic heterocycles. The molecule has 0 saturated heterocycles. The number of fused-ring (bicyclic) bond motifs is 16. The van der Waals surface area contributed by atoms with Crippen LogP contribution in [0, 0.1) is 0 Å². The van der Waals surface area contributed by atoms with Crippen LogP contribution in [0.15, 0.2) is 139 Å². The number of allylic oxidation sites excluding steroid dienone is 1. The van der Waals surface area contributed by atoms with Crippen molar-refractivity contribution >= 4 is 62.9 Å². The summed E-state index contributed by atoms with van der Waals surface area (Å²) in [4.78, 5) is 8.36. The second-order valence-electron chi connectivity index (χ2n) is 30.4. The van der Waals surface area contributed by atoms with Gasteiger partial charge in [0.1, 0.15) is 0 Å². The van der Waals surface area contributed by atoms with Crippen molar-refractivity contribution in [3.63, 3.8) is 0 Å². The van der Waals surface area contributed by atoms with Crippen LogP contribution in [0.4, 0.5) is 39.8 Å². The van der Waals surface area contributed by atoms with Gasteiger partial charge in [-0.15, -0.1) is 0 Å². The van der Waals surface area contributed by atoms with E-state index in [0.717, 1.165) is 6.42 Å². The van der Waals surface area contributed by atoms with E-state index in [1.54, 1.807) is 5.56 Å². The van der Waals surface area contributed by atoms with E-state index in [0.29, 0.717) is 0 Å². The lowest BCUT2D eigenvalue weighted by molar-refractivity contribution is 0.195. The fourth-order valence-electron chi connectivity index (χ4n) is 15.3. The predicted octanol–water partition coefficient (Wildman–Crippen LogP) is 18.7. The maximum absolute atomic E-state index is 2.95. The topological polar surface area (TPSA) is 9.72 Å². The molecule has 0 radical (unpaired) electrons. The van der Waals surface area contributed by atoms with Gasteiger partial charge in [0.2, 0.25) is 0 Å². The number of benzene rings is 7. The maximum Gasteiger partial charge on any atom is 0.252 e. The molecule has 2 bridgehead atoms. The fourth-order valence-corrected chi connectivity index (χ4v) is 15.3. The third-order valence-corrected chi connectivity index (χ3v) is 20.3. The van der Waals surface area contributed by atoms with Crippen LogP contribution in [0.3, 0.4) is 0 Å². The second kappa shape index (κ2) is 16.2. The molecule has 6 aliphatic rings. The van der Waals surface area contributed by atoms with E-state index >= 15 is 0 Å². The van der Waals surface area contributed by atoms with Gasteiger partial charge in [-0.1, -0.05) is 202 Å². The predicted molar refractivity (Wildman–Crippen MR) is 336 cm³/mol. The number of hydrogen-bond donors (Lipinski definition) is 0. The summed E-state index contributed by atoms with van der Waals surface area (Å²) in [5.41, 5.74) is 29.0. The van der Waals surface area contributed by atoms with Gasteiger partial charge in [-0.2, -0.15) is 0 Å². The summed E-state index contributed by atoms with van der Waals surface area (Å²) in [6.07, 6.45) is 4.78. The van der Waals surface area contributed by atoms with E-state index < -0.39 is 5.41 Å².